The number of nitrogens with zero attached hydrogens (tertiary/aromatic N) is 3. The maximum atomic E-state index is 12.2. The van der Waals surface area contributed by atoms with Gasteiger partial charge in [0, 0.05) is 17.4 Å². The molecule has 0 unspecified atom stereocenters. The molecule has 3 rings (SSSR count). The Hall–Kier alpha value is -2.37. The predicted molar refractivity (Wildman–Crippen MR) is 90.5 cm³/mol. The number of halogens is 2. The quantitative estimate of drug-likeness (QED) is 0.775. The van der Waals surface area contributed by atoms with E-state index in [1.807, 2.05) is 17.7 Å². The van der Waals surface area contributed by atoms with Crippen molar-refractivity contribution in [1.29, 1.82) is 0 Å². The van der Waals surface area contributed by atoms with E-state index in [-0.39, 0.29) is 5.91 Å². The molecule has 2 aromatic heterocycles. The molecule has 0 fully saturated rings. The zero-order valence-corrected chi connectivity index (χ0v) is 13.6. The van der Waals surface area contributed by atoms with Crippen LogP contribution >= 0.6 is 23.2 Å². The van der Waals surface area contributed by atoms with Crippen LogP contribution in [0.2, 0.25) is 10.0 Å². The van der Waals surface area contributed by atoms with E-state index >= 15 is 0 Å². The summed E-state index contributed by atoms with van der Waals surface area (Å²) in [4.78, 5) is 20.7. The highest BCUT2D eigenvalue weighted by Crippen LogP contribution is 2.22. The van der Waals surface area contributed by atoms with Crippen LogP contribution in [-0.4, -0.2) is 20.4 Å². The first kappa shape index (κ1) is 15.5. The molecule has 0 saturated heterocycles. The molecule has 0 radical (unpaired) electrons. The van der Waals surface area contributed by atoms with Crippen LogP contribution in [0.4, 0.5) is 5.69 Å². The van der Waals surface area contributed by atoms with Gasteiger partial charge in [-0.25, -0.2) is 9.97 Å². The first-order valence-corrected chi connectivity index (χ1v) is 7.53. The number of pyridine rings is 1. The van der Waals surface area contributed by atoms with E-state index in [1.54, 1.807) is 36.7 Å². The number of nitrogens with one attached hydrogen (secondary N) is 1. The zero-order valence-electron chi connectivity index (χ0n) is 12.1. The molecule has 116 valence electrons. The van der Waals surface area contributed by atoms with Crippen molar-refractivity contribution >= 4 is 34.8 Å². The number of aromatic nitrogens is 3. The molecule has 0 atom stereocenters. The number of hydrogen-bond acceptors (Lipinski definition) is 3. The highest BCUT2D eigenvalue weighted by atomic mass is 35.5. The molecule has 1 aromatic carbocycles. The van der Waals surface area contributed by atoms with Crippen molar-refractivity contribution in [2.75, 3.05) is 5.32 Å². The molecule has 1 amide bonds. The third kappa shape index (κ3) is 3.36. The van der Waals surface area contributed by atoms with Crippen molar-refractivity contribution < 1.29 is 4.79 Å². The lowest BCUT2D eigenvalue weighted by Crippen LogP contribution is -2.12. The van der Waals surface area contributed by atoms with Crippen LogP contribution in [0.15, 0.2) is 48.9 Å². The summed E-state index contributed by atoms with van der Waals surface area (Å²) in [5, 5.41) is 3.53. The Morgan fingerprint density at radius 3 is 2.61 bits per heavy atom. The summed E-state index contributed by atoms with van der Waals surface area (Å²) < 4.78 is 1.85. The van der Waals surface area contributed by atoms with Gasteiger partial charge in [-0.1, -0.05) is 23.2 Å². The maximum Gasteiger partial charge on any atom is 0.257 e. The van der Waals surface area contributed by atoms with Crippen LogP contribution in [0.25, 0.3) is 5.82 Å². The number of rotatable bonds is 3. The normalized spacial score (nSPS) is 10.6. The largest absolute Gasteiger partial charge is 0.321 e. The molecule has 0 bridgehead atoms. The van der Waals surface area contributed by atoms with Gasteiger partial charge in [0.15, 0.2) is 0 Å². The minimum Gasteiger partial charge on any atom is -0.321 e. The van der Waals surface area contributed by atoms with Gasteiger partial charge in [-0.3, -0.25) is 9.36 Å². The smallest absolute Gasteiger partial charge is 0.257 e. The average molecular weight is 347 g/mol. The second-order valence-corrected chi connectivity index (χ2v) is 5.67. The number of carbonyl (C=O) groups is 1. The van der Waals surface area contributed by atoms with Crippen molar-refractivity contribution in [2.24, 2.45) is 0 Å². The van der Waals surface area contributed by atoms with Gasteiger partial charge in [0.05, 0.1) is 22.5 Å². The Morgan fingerprint density at radius 2 is 2.00 bits per heavy atom. The van der Waals surface area contributed by atoms with Crippen LogP contribution in [0, 0.1) is 6.92 Å². The molecule has 0 aliphatic heterocycles. The van der Waals surface area contributed by atoms with E-state index in [9.17, 15) is 4.79 Å². The first-order chi connectivity index (χ1) is 11.0. The van der Waals surface area contributed by atoms with Crippen molar-refractivity contribution in [1.82, 2.24) is 14.5 Å². The number of hydrogen-bond donors (Lipinski definition) is 1. The lowest BCUT2D eigenvalue weighted by atomic mass is 10.2. The molecule has 2 heterocycles. The average Bonchev–Trinajstić information content (AvgIpc) is 2.94. The van der Waals surface area contributed by atoms with Crippen LogP contribution in [0.5, 0.6) is 0 Å². The van der Waals surface area contributed by atoms with Gasteiger partial charge < -0.3 is 5.32 Å². The molecule has 0 spiro atoms. The number of imidazole rings is 1. The van der Waals surface area contributed by atoms with Crippen LogP contribution < -0.4 is 5.32 Å². The summed E-state index contributed by atoms with van der Waals surface area (Å²) in [5.74, 6) is 1.24. The summed E-state index contributed by atoms with van der Waals surface area (Å²) in [7, 11) is 0. The summed E-state index contributed by atoms with van der Waals surface area (Å²) in [5.41, 5.74) is 0.924. The van der Waals surface area contributed by atoms with E-state index < -0.39 is 0 Å². The standard InChI is InChI=1S/C16H12Cl2N4O/c1-10-19-6-7-22(10)15-5-3-12(9-20-15)21-16(23)13-4-2-11(17)8-14(13)18/h2-9H,1H3,(H,21,23). The fraction of sp³-hybridized carbons (Fsp3) is 0.0625. The van der Waals surface area contributed by atoms with Crippen molar-refractivity contribution in [3.63, 3.8) is 0 Å². The minimum atomic E-state index is -0.319. The predicted octanol–water partition coefficient (Wildman–Crippen LogP) is 4.13. The third-order valence-corrected chi connectivity index (χ3v) is 3.80. The van der Waals surface area contributed by atoms with E-state index in [0.29, 0.717) is 21.3 Å². The number of benzene rings is 1. The lowest BCUT2D eigenvalue weighted by molar-refractivity contribution is 0.102. The second kappa shape index (κ2) is 6.40. The molecular formula is C16H12Cl2N4O. The van der Waals surface area contributed by atoms with E-state index in [2.05, 4.69) is 15.3 Å². The van der Waals surface area contributed by atoms with E-state index in [1.165, 1.54) is 6.07 Å². The number of anilines is 1. The van der Waals surface area contributed by atoms with E-state index in [4.69, 9.17) is 23.2 Å². The lowest BCUT2D eigenvalue weighted by Gasteiger charge is -2.08. The number of amides is 1. The summed E-state index contributed by atoms with van der Waals surface area (Å²) in [6.07, 6.45) is 5.11. The maximum absolute atomic E-state index is 12.2. The highest BCUT2D eigenvalue weighted by molar-refractivity contribution is 6.37. The third-order valence-electron chi connectivity index (χ3n) is 3.25. The van der Waals surface area contributed by atoms with Crippen LogP contribution in [0.1, 0.15) is 16.2 Å². The topological polar surface area (TPSA) is 59.8 Å². The van der Waals surface area contributed by atoms with Gasteiger partial charge in [0.1, 0.15) is 11.6 Å². The molecule has 3 aromatic rings. The molecule has 0 aliphatic carbocycles. The summed E-state index contributed by atoms with van der Waals surface area (Å²) in [6, 6.07) is 8.29. The van der Waals surface area contributed by atoms with Gasteiger partial charge >= 0.3 is 0 Å². The summed E-state index contributed by atoms with van der Waals surface area (Å²) in [6.45, 7) is 1.89. The highest BCUT2D eigenvalue weighted by Gasteiger charge is 2.11. The molecule has 23 heavy (non-hydrogen) atoms. The first-order valence-electron chi connectivity index (χ1n) is 6.77. The SMILES string of the molecule is Cc1nccn1-c1ccc(NC(=O)c2ccc(Cl)cc2Cl)cn1. The fourth-order valence-electron chi connectivity index (χ4n) is 2.09. The van der Waals surface area contributed by atoms with Crippen molar-refractivity contribution in [3.05, 3.63) is 70.4 Å². The van der Waals surface area contributed by atoms with Crippen LogP contribution in [-0.2, 0) is 0 Å². The fourth-order valence-corrected chi connectivity index (χ4v) is 2.59. The zero-order chi connectivity index (χ0) is 16.4. The number of carbonyl (C=O) groups excluding carboxylic acids is 1. The molecule has 7 heteroatoms. The minimum absolute atomic E-state index is 0.300. The van der Waals surface area contributed by atoms with Gasteiger partial charge in [0.2, 0.25) is 0 Å². The van der Waals surface area contributed by atoms with E-state index in [0.717, 1.165) is 11.6 Å². The second-order valence-electron chi connectivity index (χ2n) is 4.83. The van der Waals surface area contributed by atoms with Gasteiger partial charge in [-0.2, -0.15) is 0 Å². The van der Waals surface area contributed by atoms with Gasteiger partial charge in [-0.05, 0) is 37.3 Å². The Morgan fingerprint density at radius 1 is 1.17 bits per heavy atom. The number of aryl methyl sites for hydroxylation is 1. The van der Waals surface area contributed by atoms with Crippen LogP contribution in [0.3, 0.4) is 0 Å². The van der Waals surface area contributed by atoms with Gasteiger partial charge in [0.25, 0.3) is 5.91 Å². The Kier molecular flexibility index (Phi) is 4.32. The Bertz CT molecular complexity index is 859. The molecule has 5 nitrogen and oxygen atoms in total. The van der Waals surface area contributed by atoms with Crippen molar-refractivity contribution in [2.45, 2.75) is 6.92 Å². The Labute approximate surface area is 142 Å². The molecule has 1 N–H and O–H groups in total. The summed E-state index contributed by atoms with van der Waals surface area (Å²) >= 11 is 11.9. The van der Waals surface area contributed by atoms with Gasteiger partial charge in [-0.15, -0.1) is 0 Å². The Balaban J connectivity index is 1.78. The molecule has 0 saturated carbocycles. The van der Waals surface area contributed by atoms with Crippen molar-refractivity contribution in [3.8, 4) is 5.82 Å². The molecular weight excluding hydrogens is 335 g/mol. The molecule has 0 aliphatic rings. The monoisotopic (exact) mass is 346 g/mol.